The SMILES string of the molecule is O=C1C=CC(=O)C(Cl)(Cl)C1(O)O. The summed E-state index contributed by atoms with van der Waals surface area (Å²) < 4.78 is -2.52. The van der Waals surface area contributed by atoms with Crippen molar-refractivity contribution in [2.45, 2.75) is 10.1 Å². The third-order valence-electron chi connectivity index (χ3n) is 1.48. The van der Waals surface area contributed by atoms with Gasteiger partial charge in [0.25, 0.3) is 5.79 Å². The van der Waals surface area contributed by atoms with Crippen molar-refractivity contribution in [1.82, 2.24) is 0 Å². The van der Waals surface area contributed by atoms with Gasteiger partial charge in [0.15, 0.2) is 5.78 Å². The van der Waals surface area contributed by atoms with E-state index in [2.05, 4.69) is 0 Å². The van der Waals surface area contributed by atoms with E-state index in [0.717, 1.165) is 6.08 Å². The average Bonchev–Trinajstić information content (AvgIpc) is 1.96. The van der Waals surface area contributed by atoms with Gasteiger partial charge in [-0.3, -0.25) is 9.59 Å². The Morgan fingerprint density at radius 1 is 1.08 bits per heavy atom. The highest BCUT2D eigenvalue weighted by atomic mass is 35.5. The highest BCUT2D eigenvalue weighted by molar-refractivity contribution is 6.62. The van der Waals surface area contributed by atoms with Gasteiger partial charge in [0, 0.05) is 0 Å². The van der Waals surface area contributed by atoms with Crippen LogP contribution in [0.25, 0.3) is 0 Å². The zero-order chi connectivity index (χ0) is 9.57. The first-order chi connectivity index (χ1) is 5.30. The average molecular weight is 211 g/mol. The Hall–Kier alpha value is -0.420. The molecule has 0 unspecified atom stereocenters. The zero-order valence-corrected chi connectivity index (χ0v) is 7.13. The van der Waals surface area contributed by atoms with Crippen molar-refractivity contribution >= 4 is 34.8 Å². The number of halogens is 2. The van der Waals surface area contributed by atoms with E-state index >= 15 is 0 Å². The minimum atomic E-state index is -3.04. The van der Waals surface area contributed by atoms with Crippen molar-refractivity contribution in [3.05, 3.63) is 12.2 Å². The maximum absolute atomic E-state index is 10.9. The van der Waals surface area contributed by atoms with Crippen LogP contribution in [0.4, 0.5) is 0 Å². The molecule has 66 valence electrons. The smallest absolute Gasteiger partial charge is 0.270 e. The molecule has 4 nitrogen and oxygen atoms in total. The molecule has 0 aliphatic heterocycles. The van der Waals surface area contributed by atoms with Gasteiger partial charge in [-0.1, -0.05) is 23.2 Å². The van der Waals surface area contributed by atoms with Crippen LogP contribution in [0, 0.1) is 0 Å². The standard InChI is InChI=1S/C6H4Cl2O4/c7-5(8)3(9)1-2-4(10)6(5,11)12/h1-2,11-12H. The van der Waals surface area contributed by atoms with Gasteiger partial charge in [-0.25, -0.2) is 0 Å². The molecule has 0 aromatic carbocycles. The second kappa shape index (κ2) is 2.53. The van der Waals surface area contributed by atoms with E-state index in [9.17, 15) is 9.59 Å². The third kappa shape index (κ3) is 1.08. The number of allylic oxidation sites excluding steroid dienone is 1. The Morgan fingerprint density at radius 2 is 1.50 bits per heavy atom. The zero-order valence-electron chi connectivity index (χ0n) is 5.62. The Balaban J connectivity index is 3.25. The lowest BCUT2D eigenvalue weighted by Gasteiger charge is -2.31. The minimum Gasteiger partial charge on any atom is -0.357 e. The highest BCUT2D eigenvalue weighted by Gasteiger charge is 2.58. The van der Waals surface area contributed by atoms with Crippen LogP contribution in [-0.4, -0.2) is 31.9 Å². The number of hydrogen-bond acceptors (Lipinski definition) is 4. The summed E-state index contributed by atoms with van der Waals surface area (Å²) in [6.45, 7) is 0. The summed E-state index contributed by atoms with van der Waals surface area (Å²) in [6.07, 6.45) is 1.51. The normalized spacial score (nSPS) is 26.0. The molecule has 0 amide bonds. The predicted octanol–water partition coefficient (Wildman–Crippen LogP) is -0.451. The molecule has 1 aliphatic carbocycles. The molecular formula is C6H4Cl2O4. The maximum atomic E-state index is 10.9. The van der Waals surface area contributed by atoms with Crippen LogP contribution in [0.1, 0.15) is 0 Å². The molecule has 6 heteroatoms. The van der Waals surface area contributed by atoms with Crippen LogP contribution >= 0.6 is 23.2 Å². The number of carbonyl (C=O) groups excluding carboxylic acids is 2. The van der Waals surface area contributed by atoms with Crippen LogP contribution in [0.2, 0.25) is 0 Å². The molecule has 0 heterocycles. The Labute approximate surface area is 77.4 Å². The Kier molecular flexibility index (Phi) is 2.04. The molecule has 0 saturated carbocycles. The van der Waals surface area contributed by atoms with Gasteiger partial charge in [0.2, 0.25) is 10.1 Å². The van der Waals surface area contributed by atoms with Gasteiger partial charge in [-0.15, -0.1) is 0 Å². The van der Waals surface area contributed by atoms with Crippen LogP contribution < -0.4 is 0 Å². The molecule has 1 aliphatic rings. The molecule has 0 bridgehead atoms. The van der Waals surface area contributed by atoms with Gasteiger partial charge < -0.3 is 10.2 Å². The topological polar surface area (TPSA) is 74.6 Å². The number of hydrogen-bond donors (Lipinski definition) is 2. The van der Waals surface area contributed by atoms with Crippen LogP contribution in [0.3, 0.4) is 0 Å². The fourth-order valence-corrected chi connectivity index (χ4v) is 1.01. The summed E-state index contributed by atoms with van der Waals surface area (Å²) in [5.74, 6) is -5.09. The monoisotopic (exact) mass is 210 g/mol. The lowest BCUT2D eigenvalue weighted by Crippen LogP contribution is -2.58. The predicted molar refractivity (Wildman–Crippen MR) is 40.8 cm³/mol. The quantitative estimate of drug-likeness (QED) is 0.420. The fourth-order valence-electron chi connectivity index (χ4n) is 0.699. The molecule has 2 N–H and O–H groups in total. The molecular weight excluding hydrogens is 207 g/mol. The van der Waals surface area contributed by atoms with Crippen molar-refractivity contribution < 1.29 is 19.8 Å². The number of ketones is 2. The first-order valence-electron chi connectivity index (χ1n) is 2.89. The molecule has 0 spiro atoms. The molecule has 12 heavy (non-hydrogen) atoms. The Morgan fingerprint density at radius 3 is 1.92 bits per heavy atom. The van der Waals surface area contributed by atoms with E-state index in [-0.39, 0.29) is 0 Å². The summed E-state index contributed by atoms with van der Waals surface area (Å²) in [5.41, 5.74) is 0. The first kappa shape index (κ1) is 9.67. The lowest BCUT2D eigenvalue weighted by atomic mass is 9.97. The number of aliphatic hydroxyl groups is 2. The summed E-state index contributed by atoms with van der Waals surface area (Å²) in [4.78, 5) is 21.6. The van der Waals surface area contributed by atoms with Crippen molar-refractivity contribution in [1.29, 1.82) is 0 Å². The lowest BCUT2D eigenvalue weighted by molar-refractivity contribution is -0.185. The molecule has 0 aromatic heterocycles. The van der Waals surface area contributed by atoms with Crippen LogP contribution in [0.5, 0.6) is 0 Å². The first-order valence-corrected chi connectivity index (χ1v) is 3.65. The second-order valence-corrected chi connectivity index (χ2v) is 3.64. The van der Waals surface area contributed by atoms with Crippen molar-refractivity contribution in [3.8, 4) is 0 Å². The molecule has 1 rings (SSSR count). The van der Waals surface area contributed by atoms with Crippen LogP contribution in [-0.2, 0) is 9.59 Å². The second-order valence-electron chi connectivity index (χ2n) is 2.31. The number of carbonyl (C=O) groups is 2. The van der Waals surface area contributed by atoms with Gasteiger partial charge in [0.1, 0.15) is 0 Å². The molecule has 0 atom stereocenters. The maximum Gasteiger partial charge on any atom is 0.270 e. The van der Waals surface area contributed by atoms with Crippen molar-refractivity contribution in [3.63, 3.8) is 0 Å². The number of alkyl halides is 2. The van der Waals surface area contributed by atoms with Gasteiger partial charge in [0.05, 0.1) is 0 Å². The van der Waals surface area contributed by atoms with Crippen molar-refractivity contribution in [2.75, 3.05) is 0 Å². The largest absolute Gasteiger partial charge is 0.357 e. The summed E-state index contributed by atoms with van der Waals surface area (Å²) in [7, 11) is 0. The third-order valence-corrected chi connectivity index (χ3v) is 2.38. The van der Waals surface area contributed by atoms with Gasteiger partial charge >= 0.3 is 0 Å². The van der Waals surface area contributed by atoms with Gasteiger partial charge in [-0.05, 0) is 12.2 Å². The number of rotatable bonds is 0. The van der Waals surface area contributed by atoms with E-state index < -0.39 is 21.7 Å². The van der Waals surface area contributed by atoms with E-state index in [4.69, 9.17) is 33.4 Å². The van der Waals surface area contributed by atoms with Crippen molar-refractivity contribution in [2.24, 2.45) is 0 Å². The van der Waals surface area contributed by atoms with Gasteiger partial charge in [-0.2, -0.15) is 0 Å². The highest BCUT2D eigenvalue weighted by Crippen LogP contribution is 2.37. The summed E-state index contributed by atoms with van der Waals surface area (Å²) in [5, 5.41) is 18.0. The molecule has 0 fully saturated rings. The minimum absolute atomic E-state index is 0.714. The summed E-state index contributed by atoms with van der Waals surface area (Å²) >= 11 is 10.5. The van der Waals surface area contributed by atoms with E-state index in [1.54, 1.807) is 0 Å². The van der Waals surface area contributed by atoms with E-state index in [1.165, 1.54) is 0 Å². The molecule has 0 saturated heterocycles. The van der Waals surface area contributed by atoms with E-state index in [0.29, 0.717) is 6.08 Å². The van der Waals surface area contributed by atoms with Crippen LogP contribution in [0.15, 0.2) is 12.2 Å². The molecule has 0 aromatic rings. The summed E-state index contributed by atoms with van der Waals surface area (Å²) in [6, 6.07) is 0. The fraction of sp³-hybridized carbons (Fsp3) is 0.333. The molecule has 0 radical (unpaired) electrons. The Bertz CT molecular complexity index is 251. The van der Waals surface area contributed by atoms with E-state index in [1.807, 2.05) is 0 Å².